The Balaban J connectivity index is 1.75. The number of halogens is 2. The Hall–Kier alpha value is 0.900. The van der Waals surface area contributed by atoms with Crippen LogP contribution in [-0.2, 0) is 20.4 Å². The van der Waals surface area contributed by atoms with E-state index in [1.54, 1.807) is 0 Å². The zero-order chi connectivity index (χ0) is 16.1. The van der Waals surface area contributed by atoms with Gasteiger partial charge in [-0.1, -0.05) is 0 Å². The molecule has 0 bridgehead atoms. The fraction of sp³-hybridized carbons (Fsp3) is 0.917. The number of amides is 1. The Morgan fingerprint density at radius 1 is 1.18 bits per heavy atom. The molecule has 0 saturated carbocycles. The van der Waals surface area contributed by atoms with E-state index in [1.807, 2.05) is 46.0 Å². The van der Waals surface area contributed by atoms with Gasteiger partial charge in [0.1, 0.15) is 67.8 Å². The van der Waals surface area contributed by atoms with Crippen LogP contribution in [0.5, 0.6) is 0 Å². The minimum Gasteiger partial charge on any atom is -0.382 e. The van der Waals surface area contributed by atoms with Crippen molar-refractivity contribution in [3.63, 3.8) is 0 Å². The van der Waals surface area contributed by atoms with E-state index in [4.69, 9.17) is 31.3 Å². The van der Waals surface area contributed by atoms with Crippen molar-refractivity contribution in [2.45, 2.75) is 49.6 Å². The molecule has 0 aliphatic carbocycles. The summed E-state index contributed by atoms with van der Waals surface area (Å²) in [6.07, 6.45) is 1.18. The lowest BCUT2D eigenvalue weighted by atomic mass is 9.89. The highest BCUT2D eigenvalue weighted by molar-refractivity contribution is 14.1. The van der Waals surface area contributed by atoms with E-state index >= 15 is 0 Å². The summed E-state index contributed by atoms with van der Waals surface area (Å²) in [4.78, 5) is 12.1. The zero-order valence-electron chi connectivity index (χ0n) is 12.0. The molecule has 10 heteroatoms. The molecule has 22 heavy (non-hydrogen) atoms. The third-order valence-electron chi connectivity index (χ3n) is 3.93. The maximum absolute atomic E-state index is 12.1. The van der Waals surface area contributed by atoms with E-state index in [1.165, 1.54) is 0 Å². The molecule has 2 heterocycles. The number of rotatable bonds is 7. The second-order valence-corrected chi connectivity index (χ2v) is 6.70. The molecule has 4 radical (unpaired) electrons. The average molecular weight is 531 g/mol. The van der Waals surface area contributed by atoms with Crippen LogP contribution in [-0.4, -0.2) is 65.1 Å². The van der Waals surface area contributed by atoms with E-state index in [0.717, 1.165) is 0 Å². The molecule has 1 N–H and O–H groups in total. The number of hydrogen-bond acceptors (Lipinski definition) is 5. The van der Waals surface area contributed by atoms with Crippen molar-refractivity contribution in [1.29, 1.82) is 0 Å². The highest BCUT2D eigenvalue weighted by Gasteiger charge is 2.36. The summed E-state index contributed by atoms with van der Waals surface area (Å²) in [5.41, 5.74) is 0. The van der Waals surface area contributed by atoms with E-state index in [0.29, 0.717) is 32.4 Å². The lowest BCUT2D eigenvalue weighted by Crippen LogP contribution is -2.38. The second-order valence-electron chi connectivity index (χ2n) is 5.57. The number of nitrogens with one attached hydrogen (secondary N) is 1. The quantitative estimate of drug-likeness (QED) is 0.389. The van der Waals surface area contributed by atoms with Crippen molar-refractivity contribution in [1.82, 2.24) is 5.32 Å². The normalized spacial score (nSPS) is 38.3. The SMILES string of the molecule is [B][C@H]1CC(CC(=O)NC[C@H]2O[C@@H]([B])CC2OI)[C@@H](COI)O1. The van der Waals surface area contributed by atoms with Gasteiger partial charge in [0, 0.05) is 25.0 Å². The summed E-state index contributed by atoms with van der Waals surface area (Å²) in [7, 11) is 11.5. The first-order chi connectivity index (χ1) is 10.5. The fourth-order valence-corrected chi connectivity index (χ4v) is 3.73. The molecule has 0 aromatic heterocycles. The molecule has 6 nitrogen and oxygen atoms in total. The zero-order valence-corrected chi connectivity index (χ0v) is 16.3. The van der Waals surface area contributed by atoms with E-state index < -0.39 is 0 Å². The van der Waals surface area contributed by atoms with Crippen LogP contribution < -0.4 is 5.32 Å². The highest BCUT2D eigenvalue weighted by Crippen LogP contribution is 2.28. The van der Waals surface area contributed by atoms with Crippen molar-refractivity contribution in [2.75, 3.05) is 13.2 Å². The first-order valence-electron chi connectivity index (χ1n) is 7.13. The van der Waals surface area contributed by atoms with Crippen LogP contribution >= 0.6 is 46.0 Å². The Bertz CT molecular complexity index is 381. The minimum absolute atomic E-state index is 0.0579. The summed E-state index contributed by atoms with van der Waals surface area (Å²) in [5.74, 6) is 0.00517. The molecule has 0 aromatic carbocycles. The first kappa shape index (κ1) is 19.2. The molecule has 120 valence electrons. The predicted molar refractivity (Wildman–Crippen MR) is 98.0 cm³/mol. The van der Waals surface area contributed by atoms with E-state index in [-0.39, 0.29) is 42.1 Å². The Morgan fingerprint density at radius 2 is 1.86 bits per heavy atom. The molecule has 0 spiro atoms. The first-order valence-corrected chi connectivity index (χ1v) is 8.89. The third kappa shape index (κ3) is 5.47. The Morgan fingerprint density at radius 3 is 2.55 bits per heavy atom. The number of hydrogen-bond donors (Lipinski definition) is 1. The number of ether oxygens (including phenoxy) is 2. The average Bonchev–Trinajstić information content (AvgIpc) is 3.00. The van der Waals surface area contributed by atoms with Crippen LogP contribution in [0.25, 0.3) is 0 Å². The topological polar surface area (TPSA) is 66.0 Å². The van der Waals surface area contributed by atoms with Crippen LogP contribution in [0.3, 0.4) is 0 Å². The number of carbonyl (C=O) groups excluding carboxylic acids is 1. The molecule has 1 amide bonds. The molecule has 2 aliphatic rings. The van der Waals surface area contributed by atoms with Gasteiger partial charge in [-0.15, -0.1) is 0 Å². The lowest BCUT2D eigenvalue weighted by Gasteiger charge is -2.19. The molecule has 2 rings (SSSR count). The van der Waals surface area contributed by atoms with E-state index in [9.17, 15) is 4.79 Å². The summed E-state index contributed by atoms with van der Waals surface area (Å²) in [6.45, 7) is 0.810. The summed E-state index contributed by atoms with van der Waals surface area (Å²) >= 11 is 3.65. The van der Waals surface area contributed by atoms with Gasteiger partial charge in [0.25, 0.3) is 0 Å². The van der Waals surface area contributed by atoms with Gasteiger partial charge in [-0.05, 0) is 18.8 Å². The second kappa shape index (κ2) is 9.40. The lowest BCUT2D eigenvalue weighted by molar-refractivity contribution is -0.123. The molecular weight excluding hydrogens is 514 g/mol. The van der Waals surface area contributed by atoms with Gasteiger partial charge in [0.15, 0.2) is 0 Å². The molecule has 2 unspecified atom stereocenters. The van der Waals surface area contributed by atoms with Gasteiger partial charge in [-0.25, -0.2) is 0 Å². The maximum Gasteiger partial charge on any atom is 0.220 e. The van der Waals surface area contributed by atoms with Gasteiger partial charge < -0.3 is 20.9 Å². The molecule has 2 fully saturated rings. The van der Waals surface area contributed by atoms with Gasteiger partial charge >= 0.3 is 0 Å². The minimum atomic E-state index is -0.340. The van der Waals surface area contributed by atoms with Crippen LogP contribution in [0.1, 0.15) is 19.3 Å². The van der Waals surface area contributed by atoms with Gasteiger partial charge in [0.05, 0.1) is 18.8 Å². The maximum atomic E-state index is 12.1. The van der Waals surface area contributed by atoms with Gasteiger partial charge in [0.2, 0.25) is 5.91 Å². The summed E-state index contributed by atoms with van der Waals surface area (Å²) in [5, 5.41) is 2.87. The highest BCUT2D eigenvalue weighted by atomic mass is 127. The summed E-state index contributed by atoms with van der Waals surface area (Å²) < 4.78 is 21.4. The number of carbonyl (C=O) groups is 1. The van der Waals surface area contributed by atoms with Crippen molar-refractivity contribution in [3.05, 3.63) is 0 Å². The molecule has 2 saturated heterocycles. The van der Waals surface area contributed by atoms with Crippen molar-refractivity contribution >= 4 is 67.6 Å². The van der Waals surface area contributed by atoms with Crippen LogP contribution in [0.4, 0.5) is 0 Å². The molecular formula is C12H17B2I2NO5. The molecule has 6 atom stereocenters. The molecule has 2 aliphatic heterocycles. The summed E-state index contributed by atoms with van der Waals surface area (Å²) in [6, 6.07) is -0.671. The van der Waals surface area contributed by atoms with Gasteiger partial charge in [-0.3, -0.25) is 4.79 Å². The fourth-order valence-electron chi connectivity index (χ4n) is 2.84. The van der Waals surface area contributed by atoms with Crippen molar-refractivity contribution in [2.24, 2.45) is 5.92 Å². The third-order valence-corrected chi connectivity index (χ3v) is 4.94. The Labute approximate surface area is 161 Å². The van der Waals surface area contributed by atoms with Crippen molar-refractivity contribution < 1.29 is 20.4 Å². The standard InChI is InChI=1S/C12H17B2I2NO5/c13-10-1-6(9(21-10)5-19-15)2-12(18)17-4-8-7(22-16)3-11(14)20-8/h6-11H,1-5H2,(H,17,18)/t6?,7?,8-,9-,10-,11-/m1/s1. The monoisotopic (exact) mass is 531 g/mol. The Kier molecular flexibility index (Phi) is 8.22. The smallest absolute Gasteiger partial charge is 0.220 e. The largest absolute Gasteiger partial charge is 0.382 e. The van der Waals surface area contributed by atoms with E-state index in [2.05, 4.69) is 5.32 Å². The van der Waals surface area contributed by atoms with Crippen molar-refractivity contribution in [3.8, 4) is 0 Å². The van der Waals surface area contributed by atoms with Crippen LogP contribution in [0, 0.1) is 5.92 Å². The predicted octanol–water partition coefficient (Wildman–Crippen LogP) is 0.778. The molecule has 0 aromatic rings. The van der Waals surface area contributed by atoms with Gasteiger partial charge in [-0.2, -0.15) is 0 Å². The van der Waals surface area contributed by atoms with Crippen LogP contribution in [0.2, 0.25) is 0 Å². The van der Waals surface area contributed by atoms with Crippen LogP contribution in [0.15, 0.2) is 0 Å².